The monoisotopic (exact) mass is 375 g/mol. The molecule has 1 aromatic heterocycles. The quantitative estimate of drug-likeness (QED) is 0.427. The molecule has 0 aliphatic carbocycles. The van der Waals surface area contributed by atoms with Crippen molar-refractivity contribution in [3.8, 4) is 11.5 Å². The number of carbonyl (C=O) groups is 1. The topological polar surface area (TPSA) is 77.8 Å². The maximum atomic E-state index is 12.8. The van der Waals surface area contributed by atoms with Gasteiger partial charge in [-0.2, -0.15) is 0 Å². The van der Waals surface area contributed by atoms with Crippen molar-refractivity contribution in [2.75, 3.05) is 19.5 Å². The molecular formula is C22H17NO5. The number of amides is 1. The summed E-state index contributed by atoms with van der Waals surface area (Å²) in [6.07, 6.45) is 0. The molecule has 0 aliphatic rings. The van der Waals surface area contributed by atoms with E-state index in [0.717, 1.165) is 10.8 Å². The Bertz CT molecular complexity index is 1240. The second-order valence-electron chi connectivity index (χ2n) is 6.20. The number of methoxy groups -OCH3 is 2. The third-order valence-electron chi connectivity index (χ3n) is 4.50. The van der Waals surface area contributed by atoms with Crippen LogP contribution in [0.15, 0.2) is 69.9 Å². The van der Waals surface area contributed by atoms with Crippen LogP contribution in [0, 0.1) is 0 Å². The number of anilines is 1. The van der Waals surface area contributed by atoms with E-state index in [-0.39, 0.29) is 5.56 Å². The fraction of sp³-hybridized carbons (Fsp3) is 0.0909. The van der Waals surface area contributed by atoms with Crippen LogP contribution in [0.3, 0.4) is 0 Å². The second kappa shape index (κ2) is 7.08. The van der Waals surface area contributed by atoms with E-state index in [1.807, 2.05) is 30.3 Å². The van der Waals surface area contributed by atoms with E-state index < -0.39 is 11.5 Å². The summed E-state index contributed by atoms with van der Waals surface area (Å²) in [5.74, 6) is 0.469. The first kappa shape index (κ1) is 17.6. The third-order valence-corrected chi connectivity index (χ3v) is 4.50. The van der Waals surface area contributed by atoms with E-state index >= 15 is 0 Å². The molecule has 0 unspecified atom stereocenters. The highest BCUT2D eigenvalue weighted by molar-refractivity contribution is 6.10. The molecule has 0 atom stereocenters. The molecule has 0 radical (unpaired) electrons. The average molecular weight is 375 g/mol. The predicted molar refractivity (Wildman–Crippen MR) is 107 cm³/mol. The van der Waals surface area contributed by atoms with Crippen molar-refractivity contribution in [3.63, 3.8) is 0 Å². The first-order chi connectivity index (χ1) is 13.6. The molecular weight excluding hydrogens is 358 g/mol. The van der Waals surface area contributed by atoms with Crippen molar-refractivity contribution in [1.29, 1.82) is 0 Å². The summed E-state index contributed by atoms with van der Waals surface area (Å²) >= 11 is 0. The summed E-state index contributed by atoms with van der Waals surface area (Å²) in [6.45, 7) is 0. The minimum Gasteiger partial charge on any atom is -0.497 e. The minimum absolute atomic E-state index is 0.0781. The van der Waals surface area contributed by atoms with E-state index in [9.17, 15) is 9.59 Å². The summed E-state index contributed by atoms with van der Waals surface area (Å²) in [5, 5.41) is 5.30. The first-order valence-corrected chi connectivity index (χ1v) is 8.59. The molecule has 1 heterocycles. The van der Waals surface area contributed by atoms with Gasteiger partial charge in [-0.1, -0.05) is 30.3 Å². The Balaban J connectivity index is 1.78. The van der Waals surface area contributed by atoms with Crippen LogP contribution in [0.5, 0.6) is 11.5 Å². The first-order valence-electron chi connectivity index (χ1n) is 8.59. The molecule has 28 heavy (non-hydrogen) atoms. The molecule has 1 N–H and O–H groups in total. The second-order valence-corrected chi connectivity index (χ2v) is 6.20. The number of benzene rings is 3. The number of carbonyl (C=O) groups excluding carboxylic acids is 1. The third kappa shape index (κ3) is 3.16. The van der Waals surface area contributed by atoms with Gasteiger partial charge >= 0.3 is 5.63 Å². The predicted octanol–water partition coefficient (Wildman–Crippen LogP) is 4.22. The molecule has 140 valence electrons. The Morgan fingerprint density at radius 3 is 2.32 bits per heavy atom. The van der Waals surface area contributed by atoms with Gasteiger partial charge in [-0.25, -0.2) is 4.79 Å². The van der Waals surface area contributed by atoms with Crippen LogP contribution >= 0.6 is 0 Å². The Morgan fingerprint density at radius 2 is 1.61 bits per heavy atom. The van der Waals surface area contributed by atoms with Crippen molar-refractivity contribution in [2.24, 2.45) is 0 Å². The number of fused-ring (bicyclic) bond motifs is 3. The summed E-state index contributed by atoms with van der Waals surface area (Å²) in [5.41, 5.74) is 0.0997. The highest BCUT2D eigenvalue weighted by Crippen LogP contribution is 2.27. The van der Waals surface area contributed by atoms with Gasteiger partial charge in [-0.05, 0) is 22.9 Å². The zero-order chi connectivity index (χ0) is 19.7. The van der Waals surface area contributed by atoms with Crippen LogP contribution in [0.2, 0.25) is 0 Å². The van der Waals surface area contributed by atoms with Gasteiger partial charge < -0.3 is 19.2 Å². The molecule has 4 rings (SSSR count). The molecule has 0 saturated heterocycles. The molecule has 0 spiro atoms. The van der Waals surface area contributed by atoms with E-state index in [1.165, 1.54) is 14.2 Å². The number of rotatable bonds is 4. The van der Waals surface area contributed by atoms with Crippen molar-refractivity contribution in [1.82, 2.24) is 0 Å². The van der Waals surface area contributed by atoms with Gasteiger partial charge in [-0.15, -0.1) is 0 Å². The highest BCUT2D eigenvalue weighted by Gasteiger charge is 2.16. The van der Waals surface area contributed by atoms with Crippen molar-refractivity contribution in [2.45, 2.75) is 0 Å². The van der Waals surface area contributed by atoms with Gasteiger partial charge in [0.25, 0.3) is 5.91 Å². The molecule has 4 aromatic rings. The van der Waals surface area contributed by atoms with Crippen LogP contribution in [0.4, 0.5) is 5.69 Å². The summed E-state index contributed by atoms with van der Waals surface area (Å²) in [7, 11) is 3.03. The van der Waals surface area contributed by atoms with Crippen LogP contribution in [-0.2, 0) is 0 Å². The molecule has 0 fully saturated rings. The van der Waals surface area contributed by atoms with Crippen LogP contribution < -0.4 is 20.4 Å². The Hall–Kier alpha value is -3.80. The zero-order valence-electron chi connectivity index (χ0n) is 15.3. The number of nitrogens with one attached hydrogen (secondary N) is 1. The fourth-order valence-electron chi connectivity index (χ4n) is 3.11. The molecule has 3 aromatic carbocycles. The summed E-state index contributed by atoms with van der Waals surface area (Å²) in [6, 6.07) is 17.8. The summed E-state index contributed by atoms with van der Waals surface area (Å²) < 4.78 is 15.8. The number of hydrogen-bond acceptors (Lipinski definition) is 5. The zero-order valence-corrected chi connectivity index (χ0v) is 15.3. The Morgan fingerprint density at radius 1 is 0.893 bits per heavy atom. The van der Waals surface area contributed by atoms with Gasteiger partial charge in [0.15, 0.2) is 0 Å². The molecule has 6 nitrogen and oxygen atoms in total. The lowest BCUT2D eigenvalue weighted by atomic mass is 10.0. The van der Waals surface area contributed by atoms with E-state index in [1.54, 1.807) is 30.3 Å². The van der Waals surface area contributed by atoms with Crippen LogP contribution in [-0.4, -0.2) is 20.1 Å². The molecule has 0 bridgehead atoms. The lowest BCUT2D eigenvalue weighted by molar-refractivity contribution is 0.102. The molecule has 6 heteroatoms. The van der Waals surface area contributed by atoms with E-state index in [4.69, 9.17) is 13.9 Å². The van der Waals surface area contributed by atoms with Gasteiger partial charge in [0.1, 0.15) is 22.6 Å². The maximum Gasteiger partial charge on any atom is 0.349 e. The fourth-order valence-corrected chi connectivity index (χ4v) is 3.11. The van der Waals surface area contributed by atoms with Gasteiger partial charge in [-0.3, -0.25) is 4.79 Å². The number of ether oxygens (including phenoxy) is 2. The number of hydrogen-bond donors (Lipinski definition) is 1. The van der Waals surface area contributed by atoms with Gasteiger partial charge in [0.05, 0.1) is 14.2 Å². The van der Waals surface area contributed by atoms with Crippen molar-refractivity contribution >= 4 is 33.3 Å². The van der Waals surface area contributed by atoms with E-state index in [2.05, 4.69) is 5.32 Å². The normalized spacial score (nSPS) is 10.8. The summed E-state index contributed by atoms with van der Waals surface area (Å²) in [4.78, 5) is 25.1. The minimum atomic E-state index is -0.699. The molecule has 0 saturated carbocycles. The average Bonchev–Trinajstić information content (AvgIpc) is 2.72. The lowest BCUT2D eigenvalue weighted by Crippen LogP contribution is -2.20. The van der Waals surface area contributed by atoms with Crippen LogP contribution in [0.25, 0.3) is 21.7 Å². The van der Waals surface area contributed by atoms with Crippen molar-refractivity contribution in [3.05, 3.63) is 76.6 Å². The van der Waals surface area contributed by atoms with Crippen LogP contribution in [0.1, 0.15) is 10.4 Å². The maximum absolute atomic E-state index is 12.8. The van der Waals surface area contributed by atoms with Crippen molar-refractivity contribution < 1.29 is 18.7 Å². The Labute approximate surface area is 160 Å². The van der Waals surface area contributed by atoms with Gasteiger partial charge in [0, 0.05) is 29.3 Å². The van der Waals surface area contributed by atoms with E-state index in [0.29, 0.717) is 28.2 Å². The lowest BCUT2D eigenvalue weighted by Gasteiger charge is -2.10. The largest absolute Gasteiger partial charge is 0.497 e. The standard InChI is InChI=1S/C22H17NO5/c1-26-15-9-14(10-16(11-15)27-2)23-21(24)19-12-18-17-6-4-3-5-13(17)7-8-20(18)28-22(19)25/h3-12H,1-2H3,(H,23,24). The smallest absolute Gasteiger partial charge is 0.349 e. The molecule has 1 amide bonds. The highest BCUT2D eigenvalue weighted by atomic mass is 16.5. The Kier molecular flexibility index (Phi) is 4.45. The SMILES string of the molecule is COc1cc(NC(=O)c2cc3c(ccc4ccccc43)oc2=O)cc(OC)c1. The molecule has 0 aliphatic heterocycles. The van der Waals surface area contributed by atoms with Gasteiger partial charge in [0.2, 0.25) is 0 Å².